The van der Waals surface area contributed by atoms with Crippen molar-refractivity contribution in [3.63, 3.8) is 0 Å². The van der Waals surface area contributed by atoms with Gasteiger partial charge in [-0.05, 0) is 50.5 Å². The Balaban J connectivity index is 0.000000176. The molecule has 2 amide bonds. The van der Waals surface area contributed by atoms with Gasteiger partial charge in [-0.3, -0.25) is 9.59 Å². The molecule has 3 heterocycles. The summed E-state index contributed by atoms with van der Waals surface area (Å²) in [5, 5.41) is 2.58. The van der Waals surface area contributed by atoms with Crippen LogP contribution in [0, 0.1) is 17.8 Å². The van der Waals surface area contributed by atoms with E-state index in [-0.39, 0.29) is 11.8 Å². The number of amides is 2. The predicted molar refractivity (Wildman–Crippen MR) is 132 cm³/mol. The van der Waals surface area contributed by atoms with Crippen molar-refractivity contribution in [3.05, 3.63) is 22.4 Å². The summed E-state index contributed by atoms with van der Waals surface area (Å²) in [5.41, 5.74) is 0. The van der Waals surface area contributed by atoms with Gasteiger partial charge in [-0.15, -0.1) is 11.3 Å². The molecule has 174 valence electrons. The number of likely N-dealkylation sites (N-methyl/N-ethyl adjacent to an activating group) is 1. The summed E-state index contributed by atoms with van der Waals surface area (Å²) in [4.78, 5) is 29.7. The molecule has 4 rings (SSSR count). The van der Waals surface area contributed by atoms with Crippen LogP contribution in [0.3, 0.4) is 0 Å². The maximum atomic E-state index is 12.1. The number of thiophene rings is 1. The molecular formula is C25H40N2O2S2. The first kappa shape index (κ1) is 24.6. The van der Waals surface area contributed by atoms with Crippen molar-refractivity contribution in [3.8, 4) is 0 Å². The van der Waals surface area contributed by atoms with Gasteiger partial charge in [0.15, 0.2) is 0 Å². The van der Waals surface area contributed by atoms with E-state index in [9.17, 15) is 9.59 Å². The Morgan fingerprint density at radius 2 is 1.97 bits per heavy atom. The molecule has 3 fully saturated rings. The van der Waals surface area contributed by atoms with Crippen LogP contribution in [-0.4, -0.2) is 52.5 Å². The molecule has 1 aromatic heterocycles. The second kappa shape index (κ2) is 11.2. The molecule has 5 unspecified atom stereocenters. The third kappa shape index (κ3) is 5.87. The van der Waals surface area contributed by atoms with E-state index in [1.807, 2.05) is 37.4 Å². The third-order valence-corrected chi connectivity index (χ3v) is 9.64. The van der Waals surface area contributed by atoms with E-state index < -0.39 is 0 Å². The molecule has 0 aromatic carbocycles. The number of hydrogen-bond donors (Lipinski definition) is 0. The van der Waals surface area contributed by atoms with Crippen LogP contribution in [0.15, 0.2) is 17.5 Å². The van der Waals surface area contributed by atoms with Crippen LogP contribution in [0.2, 0.25) is 0 Å². The third-order valence-electron chi connectivity index (χ3n) is 7.00. The topological polar surface area (TPSA) is 40.6 Å². The lowest BCUT2D eigenvalue weighted by Crippen LogP contribution is -2.44. The zero-order valence-electron chi connectivity index (χ0n) is 19.9. The summed E-state index contributed by atoms with van der Waals surface area (Å²) in [6.07, 6.45) is 6.51. The minimum atomic E-state index is 0.160. The highest BCUT2D eigenvalue weighted by Crippen LogP contribution is 2.40. The number of carbonyl (C=O) groups excluding carboxylic acids is 2. The van der Waals surface area contributed by atoms with Gasteiger partial charge in [0.2, 0.25) is 11.8 Å². The Kier molecular flexibility index (Phi) is 8.91. The van der Waals surface area contributed by atoms with Crippen LogP contribution < -0.4 is 0 Å². The highest BCUT2D eigenvalue weighted by atomic mass is 32.2. The van der Waals surface area contributed by atoms with E-state index in [2.05, 4.69) is 36.3 Å². The molecule has 3 aliphatic rings. The van der Waals surface area contributed by atoms with Gasteiger partial charge < -0.3 is 9.80 Å². The van der Waals surface area contributed by atoms with E-state index in [1.54, 1.807) is 11.3 Å². The summed E-state index contributed by atoms with van der Waals surface area (Å²) < 4.78 is 0. The monoisotopic (exact) mass is 464 g/mol. The zero-order valence-corrected chi connectivity index (χ0v) is 21.5. The fourth-order valence-corrected chi connectivity index (χ4v) is 7.56. The molecule has 0 N–H and O–H groups in total. The maximum absolute atomic E-state index is 12.1. The minimum absolute atomic E-state index is 0.160. The first-order valence-electron chi connectivity index (χ1n) is 12.1. The van der Waals surface area contributed by atoms with Crippen molar-refractivity contribution in [2.75, 3.05) is 18.8 Å². The van der Waals surface area contributed by atoms with Gasteiger partial charge in [0.1, 0.15) is 0 Å². The fraction of sp³-hybridized carbons (Fsp3) is 0.760. The molecule has 1 aliphatic carbocycles. The van der Waals surface area contributed by atoms with Gasteiger partial charge in [0.05, 0.1) is 5.25 Å². The number of fused-ring (bicyclic) bond motifs is 1. The minimum Gasteiger partial charge on any atom is -0.341 e. The molecule has 4 nitrogen and oxygen atoms in total. The van der Waals surface area contributed by atoms with Crippen LogP contribution >= 0.6 is 23.1 Å². The van der Waals surface area contributed by atoms with Crippen LogP contribution in [0.5, 0.6) is 0 Å². The first-order valence-corrected chi connectivity index (χ1v) is 14.0. The van der Waals surface area contributed by atoms with Gasteiger partial charge in [-0.1, -0.05) is 39.7 Å². The van der Waals surface area contributed by atoms with Crippen LogP contribution in [0.4, 0.5) is 0 Å². The second-order valence-corrected chi connectivity index (χ2v) is 11.9. The Labute approximate surface area is 197 Å². The van der Waals surface area contributed by atoms with Crippen LogP contribution in [0.25, 0.3) is 0 Å². The van der Waals surface area contributed by atoms with E-state index in [0.29, 0.717) is 29.1 Å². The maximum Gasteiger partial charge on any atom is 0.226 e. The fourth-order valence-electron chi connectivity index (χ4n) is 5.30. The average molecular weight is 465 g/mol. The number of thioether (sulfide) groups is 1. The van der Waals surface area contributed by atoms with E-state index >= 15 is 0 Å². The molecule has 6 heteroatoms. The van der Waals surface area contributed by atoms with E-state index in [4.69, 9.17) is 0 Å². The lowest BCUT2D eigenvalue weighted by Gasteiger charge is -2.34. The predicted octanol–water partition coefficient (Wildman–Crippen LogP) is 5.84. The standard InChI is InChI=1S/C13H23NO.C12H17NOS2/c1-9(2)13(15)14-10(3)8-11-6-4-5-7-12(11)14;1-3-13-7-11(10-5-4-6-15-10)16-8-9(2)12(13)14/h9-12H,4-8H2,1-3H3;4-6,9,11H,3,7-8H2,1-2H3. The number of likely N-dealkylation sites (tertiary alicyclic amines) is 1. The molecule has 0 radical (unpaired) electrons. The highest BCUT2D eigenvalue weighted by molar-refractivity contribution is 7.99. The molecule has 0 spiro atoms. The largest absolute Gasteiger partial charge is 0.341 e. The number of carbonyl (C=O) groups is 2. The Morgan fingerprint density at radius 3 is 2.61 bits per heavy atom. The molecule has 5 atom stereocenters. The van der Waals surface area contributed by atoms with Gasteiger partial charge >= 0.3 is 0 Å². The van der Waals surface area contributed by atoms with Crippen LogP contribution in [-0.2, 0) is 9.59 Å². The van der Waals surface area contributed by atoms with Crippen molar-refractivity contribution in [1.29, 1.82) is 0 Å². The number of nitrogens with zero attached hydrogens (tertiary/aromatic N) is 2. The van der Waals surface area contributed by atoms with Gasteiger partial charge in [-0.2, -0.15) is 11.8 Å². The molecular weight excluding hydrogens is 424 g/mol. The summed E-state index contributed by atoms with van der Waals surface area (Å²) in [5.74, 6) is 2.75. The molecule has 0 bridgehead atoms. The molecule has 1 saturated carbocycles. The normalized spacial score (nSPS) is 31.2. The number of hydrogen-bond acceptors (Lipinski definition) is 4. The van der Waals surface area contributed by atoms with Gasteiger partial charge in [-0.25, -0.2) is 0 Å². The summed E-state index contributed by atoms with van der Waals surface area (Å²) in [6.45, 7) is 12.0. The Morgan fingerprint density at radius 1 is 1.23 bits per heavy atom. The zero-order chi connectivity index (χ0) is 22.5. The Bertz CT molecular complexity index is 721. The van der Waals surface area contributed by atoms with Crippen molar-refractivity contribution >= 4 is 34.9 Å². The van der Waals surface area contributed by atoms with E-state index in [0.717, 1.165) is 24.8 Å². The second-order valence-electron chi connectivity index (χ2n) is 9.71. The van der Waals surface area contributed by atoms with Crippen molar-refractivity contribution in [1.82, 2.24) is 9.80 Å². The summed E-state index contributed by atoms with van der Waals surface area (Å²) in [7, 11) is 0. The van der Waals surface area contributed by atoms with Crippen molar-refractivity contribution < 1.29 is 9.59 Å². The molecule has 2 saturated heterocycles. The van der Waals surface area contributed by atoms with Gasteiger partial charge in [0.25, 0.3) is 0 Å². The SMILES string of the molecule is CC(C)C(=O)N1C(C)CC2CCCCC21.CCN1CC(c2cccs2)SCC(C)C1=O. The summed E-state index contributed by atoms with van der Waals surface area (Å²) in [6, 6.07) is 5.32. The smallest absolute Gasteiger partial charge is 0.226 e. The lowest BCUT2D eigenvalue weighted by molar-refractivity contribution is -0.138. The van der Waals surface area contributed by atoms with Crippen LogP contribution in [0.1, 0.15) is 76.8 Å². The molecule has 1 aromatic rings. The van der Waals surface area contributed by atoms with E-state index in [1.165, 1.54) is 37.0 Å². The summed E-state index contributed by atoms with van der Waals surface area (Å²) >= 11 is 3.72. The number of rotatable bonds is 3. The quantitative estimate of drug-likeness (QED) is 0.564. The lowest BCUT2D eigenvalue weighted by atomic mass is 9.84. The van der Waals surface area contributed by atoms with Crippen molar-refractivity contribution in [2.24, 2.45) is 17.8 Å². The highest BCUT2D eigenvalue weighted by Gasteiger charge is 2.42. The Hall–Kier alpha value is -1.01. The molecule has 31 heavy (non-hydrogen) atoms. The van der Waals surface area contributed by atoms with Gasteiger partial charge in [0, 0.05) is 47.6 Å². The molecule has 2 aliphatic heterocycles. The average Bonchev–Trinajstić information content (AvgIpc) is 3.37. The first-order chi connectivity index (χ1) is 14.8. The van der Waals surface area contributed by atoms with Crippen molar-refractivity contribution in [2.45, 2.75) is 84.1 Å².